The van der Waals surface area contributed by atoms with E-state index < -0.39 is 179 Å². The van der Waals surface area contributed by atoms with E-state index in [4.69, 9.17) is 8.61 Å². The van der Waals surface area contributed by atoms with Crippen LogP contribution in [0.25, 0.3) is 0 Å². The summed E-state index contributed by atoms with van der Waals surface area (Å²) in [5.41, 5.74) is 0. The van der Waals surface area contributed by atoms with Gasteiger partial charge in [0.2, 0.25) is 59.1 Å². The van der Waals surface area contributed by atoms with E-state index in [0.29, 0.717) is 0 Å². The van der Waals surface area contributed by atoms with Crippen LogP contribution in [0.3, 0.4) is 0 Å². The van der Waals surface area contributed by atoms with Crippen LogP contribution in [0, 0.1) is 47.3 Å². The molecule has 1 fully saturated rings. The van der Waals surface area contributed by atoms with Gasteiger partial charge >= 0.3 is 0 Å². The minimum absolute atomic E-state index is 0.0154. The standard InChI is InChI=1S/C70H130N10O15SSi/c1-31-49-64(86)74(21)50(32-2)65(87)75(22)52(36-41(5)6)61(83)73-56(44(11)12)68(90)76(23)51(35-40(3)4)60(82)71-48(17)55(81)39-47(16)63(85)77(24)53(37-42(7)8)66(88)78(25)54(38-43(9)10)67(89)79(26)57(45(13)14)69(91)80(27)58(62(84)72-49)59(95-97(29,30)70(18,19)20)46(15)33-34-94-96(28,92)93/h40-54,56-59H,31-39H2,1-30H3,(H,71,82)(H,72,84)(H,73,83)/t46-,47+,48-,49-,50-,51-,52+,53-,54-,56-,57-,58-,59+/m1/s1. The van der Waals surface area contributed by atoms with Gasteiger partial charge in [0.15, 0.2) is 14.1 Å². The average molecular weight is 1410 g/mol. The van der Waals surface area contributed by atoms with Gasteiger partial charge in [-0.3, -0.25) is 56.9 Å². The Morgan fingerprint density at radius 1 is 0.485 bits per heavy atom. The Bertz CT molecular complexity index is 2810. The highest BCUT2D eigenvalue weighted by Crippen LogP contribution is 2.40. The lowest BCUT2D eigenvalue weighted by Gasteiger charge is -2.46. The third kappa shape index (κ3) is 25.2. The van der Waals surface area contributed by atoms with Gasteiger partial charge in [-0.1, -0.05) is 132 Å². The number of carbonyl (C=O) groups excluding carboxylic acids is 11. The Kier molecular flexibility index (Phi) is 35.3. The van der Waals surface area contributed by atoms with E-state index in [1.165, 1.54) is 90.6 Å². The second-order valence-corrected chi connectivity index (χ2v) is 37.8. The fourth-order valence-corrected chi connectivity index (χ4v) is 14.0. The topological polar surface area (TPSA) is 299 Å². The van der Waals surface area contributed by atoms with Crippen LogP contribution in [0.4, 0.5) is 0 Å². The fraction of sp³-hybridized carbons (Fsp3) is 0.843. The lowest BCUT2D eigenvalue weighted by atomic mass is 9.91. The van der Waals surface area contributed by atoms with Crippen LogP contribution in [0.5, 0.6) is 0 Å². The van der Waals surface area contributed by atoms with Crippen LogP contribution in [-0.2, 0) is 71.5 Å². The molecule has 3 N–H and O–H groups in total. The molecule has 0 aliphatic carbocycles. The normalized spacial score (nSPS) is 26.4. The number of carbonyl (C=O) groups is 11. The molecule has 0 aromatic carbocycles. The Morgan fingerprint density at radius 2 is 0.876 bits per heavy atom. The number of hydrogen-bond acceptors (Lipinski definition) is 15. The fourth-order valence-electron chi connectivity index (χ4n) is 12.2. The molecule has 560 valence electrons. The van der Waals surface area contributed by atoms with E-state index in [1.54, 1.807) is 55.4 Å². The molecule has 1 heterocycles. The first kappa shape index (κ1) is 89.5. The van der Waals surface area contributed by atoms with Crippen molar-refractivity contribution in [2.75, 3.05) is 62.2 Å². The largest absolute Gasteiger partial charge is 0.411 e. The zero-order valence-corrected chi connectivity index (χ0v) is 66.8. The molecule has 0 aromatic rings. The predicted molar refractivity (Wildman–Crippen MR) is 381 cm³/mol. The number of ketones is 1. The molecule has 25 nitrogen and oxygen atoms in total. The summed E-state index contributed by atoms with van der Waals surface area (Å²) in [6.45, 7) is 39.7. The second-order valence-electron chi connectivity index (χ2n) is 31.4. The van der Waals surface area contributed by atoms with E-state index in [9.17, 15) is 32.4 Å². The summed E-state index contributed by atoms with van der Waals surface area (Å²) in [4.78, 5) is 174. The number of Topliss-reactive ketones (excluding diaryl/α,β-unsaturated/α-hetero) is 1. The maximum absolute atomic E-state index is 15.9. The lowest BCUT2D eigenvalue weighted by Crippen LogP contribution is -2.65. The summed E-state index contributed by atoms with van der Waals surface area (Å²) in [6, 6.07) is -12.4. The monoisotopic (exact) mass is 1410 g/mol. The van der Waals surface area contributed by atoms with E-state index in [0.717, 1.165) is 6.26 Å². The summed E-state index contributed by atoms with van der Waals surface area (Å²) < 4.78 is 37.2. The van der Waals surface area contributed by atoms with E-state index >= 15 is 28.8 Å². The SMILES string of the molecule is CC[C@@H]1C(=O)N(C)[C@@H](CC(C)C)C(=O)N[C@H](C(C)C)C(=O)N(C)[C@H](CC(C)C)C(=O)N[C@H](C)C(=O)C[C@H](C)C(=O)N(C)[C@H](CC(C)C)C(=O)N(C)[C@H](CC(C)C)C(=O)N(C)[C@H](C(C)C)C(=O)N(C)[C@H]([C@@H](O[Si](C)(C)C(C)(C)C)[C@H](C)CCOS(C)(=O)=O)C(=O)N[C@H](CC)C(=O)N1C. The van der Waals surface area contributed by atoms with Crippen molar-refractivity contribution in [2.45, 2.75) is 274 Å². The van der Waals surface area contributed by atoms with Gasteiger partial charge in [0.1, 0.15) is 54.4 Å². The number of nitrogens with one attached hydrogen (secondary N) is 3. The number of rotatable bonds is 20. The van der Waals surface area contributed by atoms with Crippen LogP contribution >= 0.6 is 0 Å². The zero-order valence-electron chi connectivity index (χ0n) is 65.0. The minimum Gasteiger partial charge on any atom is -0.411 e. The van der Waals surface area contributed by atoms with Gasteiger partial charge in [0.25, 0.3) is 10.1 Å². The van der Waals surface area contributed by atoms with Crippen molar-refractivity contribution in [3.8, 4) is 0 Å². The highest BCUT2D eigenvalue weighted by molar-refractivity contribution is 7.86. The molecular weight excluding hydrogens is 1280 g/mol. The van der Waals surface area contributed by atoms with Crippen molar-refractivity contribution < 1.29 is 69.8 Å². The highest BCUT2D eigenvalue weighted by atomic mass is 32.2. The minimum atomic E-state index is -3.94. The van der Waals surface area contributed by atoms with E-state index in [1.807, 2.05) is 89.3 Å². The molecule has 0 bridgehead atoms. The molecule has 13 atom stereocenters. The Balaban J connectivity index is 4.70. The Morgan fingerprint density at radius 3 is 1.29 bits per heavy atom. The van der Waals surface area contributed by atoms with Gasteiger partial charge in [0, 0.05) is 61.7 Å². The first-order chi connectivity index (χ1) is 44.3. The Hall–Kier alpha value is -5.54. The molecule has 0 saturated carbocycles. The van der Waals surface area contributed by atoms with Crippen molar-refractivity contribution >= 4 is 83.3 Å². The van der Waals surface area contributed by atoms with Crippen molar-refractivity contribution in [3.63, 3.8) is 0 Å². The third-order valence-corrected chi connectivity index (χ3v) is 24.5. The molecule has 0 unspecified atom stereocenters. The molecule has 1 aliphatic rings. The molecule has 10 amide bonds. The van der Waals surface area contributed by atoms with E-state index in [-0.39, 0.29) is 81.6 Å². The van der Waals surface area contributed by atoms with Crippen molar-refractivity contribution in [3.05, 3.63) is 0 Å². The molecule has 1 rings (SSSR count). The van der Waals surface area contributed by atoms with Crippen LogP contribution < -0.4 is 16.0 Å². The maximum atomic E-state index is 15.9. The van der Waals surface area contributed by atoms with Gasteiger partial charge in [-0.15, -0.1) is 0 Å². The first-order valence-corrected chi connectivity index (χ1v) is 39.8. The van der Waals surface area contributed by atoms with Crippen molar-refractivity contribution in [1.82, 2.24) is 50.2 Å². The summed E-state index contributed by atoms with van der Waals surface area (Å²) in [6.07, 6.45) is -0.00137. The zero-order chi connectivity index (χ0) is 75.8. The van der Waals surface area contributed by atoms with E-state index in [2.05, 4.69) is 16.0 Å². The Labute approximate surface area is 584 Å². The van der Waals surface area contributed by atoms with Gasteiger partial charge in [0.05, 0.1) is 25.0 Å². The first-order valence-electron chi connectivity index (χ1n) is 35.1. The maximum Gasteiger partial charge on any atom is 0.264 e. The number of likely N-dealkylation sites (N-methyl/N-ethyl adjacent to an activating group) is 7. The lowest BCUT2D eigenvalue weighted by molar-refractivity contribution is -0.157. The van der Waals surface area contributed by atoms with Gasteiger partial charge < -0.3 is 54.7 Å². The smallest absolute Gasteiger partial charge is 0.264 e. The summed E-state index contributed by atoms with van der Waals surface area (Å²) in [5, 5.41) is 8.13. The molecular formula is C70H130N10O15SSi. The third-order valence-electron chi connectivity index (χ3n) is 19.4. The number of hydrogen-bond donors (Lipinski definition) is 3. The van der Waals surface area contributed by atoms with Crippen LogP contribution in [0.1, 0.15) is 190 Å². The highest BCUT2D eigenvalue weighted by Gasteiger charge is 2.50. The molecule has 1 aliphatic heterocycles. The van der Waals surface area contributed by atoms with Gasteiger partial charge in [-0.25, -0.2) is 0 Å². The summed E-state index contributed by atoms with van der Waals surface area (Å²) >= 11 is 0. The quantitative estimate of drug-likeness (QED) is 0.0858. The predicted octanol–water partition coefficient (Wildman–Crippen LogP) is 6.57. The number of nitrogens with zero attached hydrogens (tertiary/aromatic N) is 7. The summed E-state index contributed by atoms with van der Waals surface area (Å²) in [7, 11) is 3.22. The van der Waals surface area contributed by atoms with Crippen LogP contribution in [-0.4, -0.2) is 245 Å². The molecule has 0 aromatic heterocycles. The molecule has 0 spiro atoms. The molecule has 0 radical (unpaired) electrons. The van der Waals surface area contributed by atoms with Gasteiger partial charge in [-0.2, -0.15) is 8.42 Å². The molecule has 97 heavy (non-hydrogen) atoms. The van der Waals surface area contributed by atoms with Crippen molar-refractivity contribution in [1.29, 1.82) is 0 Å². The van der Waals surface area contributed by atoms with Crippen LogP contribution in [0.2, 0.25) is 18.1 Å². The number of amides is 10. The van der Waals surface area contributed by atoms with Gasteiger partial charge in [-0.05, 0) is 111 Å². The molecule has 27 heteroatoms. The average Bonchev–Trinajstić information content (AvgIpc) is 0.791. The van der Waals surface area contributed by atoms with Crippen LogP contribution in [0.15, 0.2) is 0 Å². The second kappa shape index (κ2) is 38.3. The summed E-state index contributed by atoms with van der Waals surface area (Å²) in [5.74, 6) is -10.6. The van der Waals surface area contributed by atoms with Crippen molar-refractivity contribution in [2.24, 2.45) is 47.3 Å². The molecule has 1 saturated heterocycles.